The SMILES string of the molecule is CN(c1cc(F)cc(/C=C/C(=O)O)c1)C1CCS(=O)(=O)C1. The molecule has 114 valence electrons. The summed E-state index contributed by atoms with van der Waals surface area (Å²) in [6, 6.07) is 3.98. The van der Waals surface area contributed by atoms with Gasteiger partial charge >= 0.3 is 5.97 Å². The van der Waals surface area contributed by atoms with Crippen LogP contribution in [0.25, 0.3) is 6.08 Å². The predicted molar refractivity (Wildman–Crippen MR) is 78.5 cm³/mol. The van der Waals surface area contributed by atoms with E-state index in [0.29, 0.717) is 17.7 Å². The Hall–Kier alpha value is -1.89. The van der Waals surface area contributed by atoms with E-state index in [-0.39, 0.29) is 17.5 Å². The van der Waals surface area contributed by atoms with Gasteiger partial charge in [-0.1, -0.05) is 0 Å². The van der Waals surface area contributed by atoms with Crippen molar-refractivity contribution in [1.82, 2.24) is 0 Å². The quantitative estimate of drug-likeness (QED) is 0.854. The molecular weight excluding hydrogens is 297 g/mol. The van der Waals surface area contributed by atoms with Gasteiger partial charge in [0.05, 0.1) is 11.5 Å². The molecule has 1 atom stereocenters. The lowest BCUT2D eigenvalue weighted by molar-refractivity contribution is -0.131. The third kappa shape index (κ3) is 4.04. The van der Waals surface area contributed by atoms with Gasteiger partial charge in [0.15, 0.2) is 9.84 Å². The maximum Gasteiger partial charge on any atom is 0.328 e. The van der Waals surface area contributed by atoms with Gasteiger partial charge in [-0.05, 0) is 36.3 Å². The summed E-state index contributed by atoms with van der Waals surface area (Å²) in [7, 11) is -1.30. The molecule has 7 heteroatoms. The lowest BCUT2D eigenvalue weighted by Crippen LogP contribution is -2.32. The van der Waals surface area contributed by atoms with Gasteiger partial charge in [0.25, 0.3) is 0 Å². The summed E-state index contributed by atoms with van der Waals surface area (Å²) in [5.41, 5.74) is 0.947. The smallest absolute Gasteiger partial charge is 0.328 e. The average molecular weight is 313 g/mol. The molecule has 1 N–H and O–H groups in total. The highest BCUT2D eigenvalue weighted by Crippen LogP contribution is 2.25. The zero-order chi connectivity index (χ0) is 15.6. The van der Waals surface area contributed by atoms with Crippen molar-refractivity contribution >= 4 is 27.6 Å². The summed E-state index contributed by atoms with van der Waals surface area (Å²) in [6.07, 6.45) is 2.74. The minimum absolute atomic E-state index is 0.0559. The lowest BCUT2D eigenvalue weighted by Gasteiger charge is -2.26. The highest BCUT2D eigenvalue weighted by Gasteiger charge is 2.30. The van der Waals surface area contributed by atoms with Crippen LogP contribution in [0.1, 0.15) is 12.0 Å². The second kappa shape index (κ2) is 5.85. The molecule has 0 bridgehead atoms. The summed E-state index contributed by atoms with van der Waals surface area (Å²) < 4.78 is 36.6. The number of hydrogen-bond donors (Lipinski definition) is 1. The molecule has 0 radical (unpaired) electrons. The van der Waals surface area contributed by atoms with E-state index in [1.165, 1.54) is 18.2 Å². The second-order valence-corrected chi connectivity index (χ2v) is 7.31. The first-order valence-corrected chi connectivity index (χ1v) is 8.24. The summed E-state index contributed by atoms with van der Waals surface area (Å²) in [6.45, 7) is 0. The maximum atomic E-state index is 13.6. The first-order chi connectivity index (χ1) is 9.77. The number of halogens is 1. The molecule has 1 aliphatic heterocycles. The molecule has 21 heavy (non-hydrogen) atoms. The molecule has 1 fully saturated rings. The Bertz CT molecular complexity index is 684. The van der Waals surface area contributed by atoms with Crippen molar-refractivity contribution in [3.63, 3.8) is 0 Å². The van der Waals surface area contributed by atoms with Crippen molar-refractivity contribution in [2.24, 2.45) is 0 Å². The topological polar surface area (TPSA) is 74.7 Å². The van der Waals surface area contributed by atoms with E-state index >= 15 is 0 Å². The van der Waals surface area contributed by atoms with Gasteiger partial charge in [-0.3, -0.25) is 0 Å². The minimum atomic E-state index is -3.02. The highest BCUT2D eigenvalue weighted by molar-refractivity contribution is 7.91. The fraction of sp³-hybridized carbons (Fsp3) is 0.357. The van der Waals surface area contributed by atoms with E-state index in [1.54, 1.807) is 18.0 Å². The van der Waals surface area contributed by atoms with Crippen LogP contribution >= 0.6 is 0 Å². The average Bonchev–Trinajstić information content (AvgIpc) is 2.75. The second-order valence-electron chi connectivity index (χ2n) is 5.08. The molecule has 5 nitrogen and oxygen atoms in total. The van der Waals surface area contributed by atoms with Crippen LogP contribution in [-0.2, 0) is 14.6 Å². The van der Waals surface area contributed by atoms with Crippen molar-refractivity contribution in [2.75, 3.05) is 23.5 Å². The molecule has 1 aromatic rings. The van der Waals surface area contributed by atoms with Crippen LogP contribution in [0.4, 0.5) is 10.1 Å². The van der Waals surface area contributed by atoms with Crippen LogP contribution < -0.4 is 4.90 Å². The molecule has 2 rings (SSSR count). The Morgan fingerprint density at radius 1 is 1.43 bits per heavy atom. The Labute approximate surface area is 122 Å². The molecule has 0 aromatic heterocycles. The Morgan fingerprint density at radius 3 is 2.71 bits per heavy atom. The number of carboxylic acid groups (broad SMARTS) is 1. The van der Waals surface area contributed by atoms with E-state index < -0.39 is 21.6 Å². The number of aliphatic carboxylic acids is 1. The van der Waals surface area contributed by atoms with E-state index in [0.717, 1.165) is 6.08 Å². The fourth-order valence-corrected chi connectivity index (χ4v) is 4.13. The molecule has 1 aliphatic rings. The van der Waals surface area contributed by atoms with Crippen molar-refractivity contribution in [3.05, 3.63) is 35.7 Å². The van der Waals surface area contributed by atoms with E-state index in [9.17, 15) is 17.6 Å². The van der Waals surface area contributed by atoms with Crippen LogP contribution in [0.5, 0.6) is 0 Å². The van der Waals surface area contributed by atoms with Crippen LogP contribution in [0, 0.1) is 5.82 Å². The molecule has 0 amide bonds. The lowest BCUT2D eigenvalue weighted by atomic mass is 10.1. The number of sulfone groups is 1. The summed E-state index contributed by atoms with van der Waals surface area (Å²) >= 11 is 0. The standard InChI is InChI=1S/C14H16FNO4S/c1-16(12-4-5-21(19,20)9-12)13-7-10(2-3-14(17)18)6-11(15)8-13/h2-3,6-8,12H,4-5,9H2,1H3,(H,17,18)/b3-2+. The van der Waals surface area contributed by atoms with Gasteiger partial charge in [-0.15, -0.1) is 0 Å². The first kappa shape index (κ1) is 15.5. The van der Waals surface area contributed by atoms with E-state index in [1.807, 2.05) is 0 Å². The van der Waals surface area contributed by atoms with E-state index in [2.05, 4.69) is 0 Å². The van der Waals surface area contributed by atoms with Crippen molar-refractivity contribution < 1.29 is 22.7 Å². The molecule has 0 aliphatic carbocycles. The molecule has 1 aromatic carbocycles. The zero-order valence-electron chi connectivity index (χ0n) is 11.5. The third-order valence-corrected chi connectivity index (χ3v) is 5.24. The number of benzene rings is 1. The van der Waals surface area contributed by atoms with Gasteiger partial charge in [-0.25, -0.2) is 17.6 Å². The van der Waals surface area contributed by atoms with E-state index in [4.69, 9.17) is 5.11 Å². The number of hydrogen-bond acceptors (Lipinski definition) is 4. The minimum Gasteiger partial charge on any atom is -0.478 e. The van der Waals surface area contributed by atoms with Gasteiger partial charge in [0.1, 0.15) is 5.82 Å². The van der Waals surface area contributed by atoms with Crippen LogP contribution in [0.2, 0.25) is 0 Å². The van der Waals surface area contributed by atoms with Crippen LogP contribution in [0.3, 0.4) is 0 Å². The molecule has 0 spiro atoms. The number of carboxylic acids is 1. The first-order valence-electron chi connectivity index (χ1n) is 6.42. The number of anilines is 1. The number of nitrogens with zero attached hydrogens (tertiary/aromatic N) is 1. The number of rotatable bonds is 4. The monoisotopic (exact) mass is 313 g/mol. The predicted octanol–water partition coefficient (Wildman–Crippen LogP) is 1.55. The molecule has 0 saturated carbocycles. The summed E-state index contributed by atoms with van der Waals surface area (Å²) in [4.78, 5) is 12.2. The van der Waals surface area contributed by atoms with Crippen molar-refractivity contribution in [1.29, 1.82) is 0 Å². The van der Waals surface area contributed by atoms with Gasteiger partial charge in [-0.2, -0.15) is 0 Å². The highest BCUT2D eigenvalue weighted by atomic mass is 32.2. The number of carbonyl (C=O) groups is 1. The molecule has 1 heterocycles. The maximum absolute atomic E-state index is 13.6. The van der Waals surface area contributed by atoms with Crippen LogP contribution in [-0.4, -0.2) is 44.1 Å². The normalized spacial score (nSPS) is 20.8. The van der Waals surface area contributed by atoms with Crippen molar-refractivity contribution in [2.45, 2.75) is 12.5 Å². The van der Waals surface area contributed by atoms with Crippen molar-refractivity contribution in [3.8, 4) is 0 Å². The summed E-state index contributed by atoms with van der Waals surface area (Å²) in [5, 5.41) is 8.60. The molecule has 1 saturated heterocycles. The fourth-order valence-electron chi connectivity index (χ4n) is 2.36. The Balaban J connectivity index is 2.25. The van der Waals surface area contributed by atoms with Gasteiger partial charge < -0.3 is 10.0 Å². The van der Waals surface area contributed by atoms with Gasteiger partial charge in [0, 0.05) is 24.9 Å². The van der Waals surface area contributed by atoms with Gasteiger partial charge in [0.2, 0.25) is 0 Å². The molecule has 1 unspecified atom stereocenters. The zero-order valence-corrected chi connectivity index (χ0v) is 12.3. The largest absolute Gasteiger partial charge is 0.478 e. The molecular formula is C14H16FNO4S. The third-order valence-electron chi connectivity index (χ3n) is 3.49. The Kier molecular flexibility index (Phi) is 4.32. The van der Waals surface area contributed by atoms with Crippen LogP contribution in [0.15, 0.2) is 24.3 Å². The Morgan fingerprint density at radius 2 is 2.14 bits per heavy atom. The summed E-state index contributed by atoms with van der Waals surface area (Å²) in [5.74, 6) is -1.41.